The van der Waals surface area contributed by atoms with Crippen LogP contribution in [0.25, 0.3) is 55.8 Å². The average molecular weight is 578 g/mol. The maximum absolute atomic E-state index is 14.6. The van der Waals surface area contributed by atoms with Crippen LogP contribution in [0.4, 0.5) is 15.8 Å². The van der Waals surface area contributed by atoms with Gasteiger partial charge < -0.3 is 20.9 Å². The van der Waals surface area contributed by atoms with Crippen LogP contribution in [-0.4, -0.2) is 56.2 Å². The highest BCUT2D eigenvalue weighted by molar-refractivity contribution is 5.98. The van der Waals surface area contributed by atoms with Gasteiger partial charge in [-0.1, -0.05) is 19.4 Å². The van der Waals surface area contributed by atoms with Crippen LogP contribution in [0.15, 0.2) is 67.1 Å². The number of anilines is 2. The molecule has 0 radical (unpaired) electrons. The first-order valence-electron chi connectivity index (χ1n) is 14.3. The first kappa shape index (κ1) is 28.0. The normalized spacial score (nSPS) is 11.3. The molecule has 0 saturated heterocycles. The van der Waals surface area contributed by atoms with E-state index in [2.05, 4.69) is 48.0 Å². The summed E-state index contributed by atoms with van der Waals surface area (Å²) in [7, 11) is 1.87. The van der Waals surface area contributed by atoms with Crippen LogP contribution < -0.4 is 16.0 Å². The van der Waals surface area contributed by atoms with Gasteiger partial charge in [0.15, 0.2) is 5.82 Å². The van der Waals surface area contributed by atoms with E-state index in [1.54, 1.807) is 18.6 Å². The quantitative estimate of drug-likeness (QED) is 0.117. The number of carbonyl (C=O) groups excluding carboxylic acids is 1. The molecule has 6 aromatic rings. The molecule has 10 nitrogen and oxygen atoms in total. The van der Waals surface area contributed by atoms with Crippen molar-refractivity contribution >= 4 is 39.2 Å². The fraction of sp³-hybridized carbons (Fsp3) is 0.219. The molecule has 43 heavy (non-hydrogen) atoms. The van der Waals surface area contributed by atoms with Crippen LogP contribution in [0.2, 0.25) is 0 Å². The minimum Gasteiger partial charge on any atom is -0.384 e. The number of hydrogen-bond acceptors (Lipinski definition) is 7. The van der Waals surface area contributed by atoms with Crippen LogP contribution in [-0.2, 0) is 4.79 Å². The molecule has 0 saturated carbocycles. The minimum absolute atomic E-state index is 0.0216. The van der Waals surface area contributed by atoms with Crippen LogP contribution in [0.1, 0.15) is 26.2 Å². The lowest BCUT2D eigenvalue weighted by Crippen LogP contribution is -2.17. The Balaban J connectivity index is 1.34. The Kier molecular flexibility index (Phi) is 8.05. The van der Waals surface area contributed by atoms with E-state index in [4.69, 9.17) is 4.98 Å². The predicted molar refractivity (Wildman–Crippen MR) is 168 cm³/mol. The van der Waals surface area contributed by atoms with Crippen molar-refractivity contribution in [3.05, 3.63) is 72.9 Å². The summed E-state index contributed by atoms with van der Waals surface area (Å²) in [6, 6.07) is 14.5. The van der Waals surface area contributed by atoms with Gasteiger partial charge in [0, 0.05) is 54.1 Å². The van der Waals surface area contributed by atoms with Gasteiger partial charge in [0.1, 0.15) is 17.0 Å². The van der Waals surface area contributed by atoms with Gasteiger partial charge in [-0.05, 0) is 61.5 Å². The van der Waals surface area contributed by atoms with Gasteiger partial charge in [0.2, 0.25) is 5.91 Å². The predicted octanol–water partition coefficient (Wildman–Crippen LogP) is 6.13. The van der Waals surface area contributed by atoms with E-state index in [1.165, 1.54) is 12.1 Å². The lowest BCUT2D eigenvalue weighted by molar-refractivity contribution is -0.116. The molecule has 5 N–H and O–H groups in total. The number of likely N-dealkylation sites (N-methyl/N-ethyl adjacent to an activating group) is 1. The zero-order valence-corrected chi connectivity index (χ0v) is 24.0. The number of unbranched alkanes of at least 4 members (excludes halogenated alkanes) is 1. The number of pyridine rings is 2. The Morgan fingerprint density at radius 1 is 0.930 bits per heavy atom. The molecule has 6 rings (SSSR count). The van der Waals surface area contributed by atoms with Gasteiger partial charge in [0.05, 0.1) is 28.6 Å². The van der Waals surface area contributed by atoms with Crippen molar-refractivity contribution in [3.8, 4) is 33.9 Å². The number of nitrogens with one attached hydrogen (secondary N) is 5. The first-order valence-corrected chi connectivity index (χ1v) is 14.3. The lowest BCUT2D eigenvalue weighted by atomic mass is 10.0. The van der Waals surface area contributed by atoms with Gasteiger partial charge in [-0.15, -0.1) is 0 Å². The third kappa shape index (κ3) is 6.07. The Labute approximate surface area is 247 Å². The van der Waals surface area contributed by atoms with Crippen LogP contribution in [0.3, 0.4) is 0 Å². The molecule has 0 aliphatic carbocycles. The van der Waals surface area contributed by atoms with Gasteiger partial charge in [-0.25, -0.2) is 9.37 Å². The van der Waals surface area contributed by atoms with E-state index >= 15 is 0 Å². The lowest BCUT2D eigenvalue weighted by Gasteiger charge is -2.09. The molecule has 0 fully saturated rings. The molecule has 0 aliphatic heterocycles. The largest absolute Gasteiger partial charge is 0.384 e. The maximum atomic E-state index is 14.6. The molecule has 4 heterocycles. The second-order valence-corrected chi connectivity index (χ2v) is 10.3. The van der Waals surface area contributed by atoms with E-state index < -0.39 is 0 Å². The summed E-state index contributed by atoms with van der Waals surface area (Å²) >= 11 is 0. The summed E-state index contributed by atoms with van der Waals surface area (Å²) in [5.74, 6) is 0.182. The van der Waals surface area contributed by atoms with E-state index in [0.717, 1.165) is 46.9 Å². The number of rotatable bonds is 11. The SMILES string of the molecule is CCCCC(=O)Nc1cncc(-c2ccc3[nH]nc(-c4nc5c(-c6cc(F)cc(NCCNC)c6)nccc5[nH]4)c3c2)c1. The summed E-state index contributed by atoms with van der Waals surface area (Å²) in [6.45, 7) is 3.47. The van der Waals surface area contributed by atoms with Gasteiger partial charge in [0.25, 0.3) is 0 Å². The molecule has 0 unspecified atom stereocenters. The third-order valence-electron chi connectivity index (χ3n) is 7.18. The molecular formula is C32H32FN9O. The number of nitrogens with zero attached hydrogens (tertiary/aromatic N) is 4. The number of amides is 1. The van der Waals surface area contributed by atoms with Crippen molar-refractivity contribution < 1.29 is 9.18 Å². The van der Waals surface area contributed by atoms with Crippen LogP contribution >= 0.6 is 0 Å². The van der Waals surface area contributed by atoms with E-state index in [-0.39, 0.29) is 11.7 Å². The molecule has 0 aliphatic rings. The molecule has 0 bridgehead atoms. The standard InChI is InChI=1S/C32H32FN9O/c1-3-4-5-28(43)38-24-14-21(17-35-18-24)19-6-7-26-25(15-19)30(42-41-26)32-39-27-8-9-37-29(31(27)40-32)20-12-22(33)16-23(13-20)36-11-10-34-2/h6-9,12-18,34,36H,3-5,10-11H2,1-2H3,(H,38,43)(H,39,40)(H,41,42). The monoisotopic (exact) mass is 577 g/mol. The van der Waals surface area contributed by atoms with Crippen molar-refractivity contribution in [1.82, 2.24) is 35.5 Å². The van der Waals surface area contributed by atoms with Crippen molar-refractivity contribution in [2.45, 2.75) is 26.2 Å². The summed E-state index contributed by atoms with van der Waals surface area (Å²) in [5.41, 5.74) is 7.17. The van der Waals surface area contributed by atoms with Gasteiger partial charge in [-0.2, -0.15) is 5.10 Å². The third-order valence-corrected chi connectivity index (χ3v) is 7.18. The summed E-state index contributed by atoms with van der Waals surface area (Å²) in [5, 5.41) is 17.8. The van der Waals surface area contributed by atoms with Crippen molar-refractivity contribution in [2.24, 2.45) is 0 Å². The highest BCUT2D eigenvalue weighted by Gasteiger charge is 2.17. The number of aromatic amines is 2. The second-order valence-electron chi connectivity index (χ2n) is 10.3. The average Bonchev–Trinajstić information content (AvgIpc) is 3.64. The Hall–Kier alpha value is -5.16. The maximum Gasteiger partial charge on any atom is 0.224 e. The van der Waals surface area contributed by atoms with Gasteiger partial charge >= 0.3 is 0 Å². The Morgan fingerprint density at radius 3 is 2.67 bits per heavy atom. The summed E-state index contributed by atoms with van der Waals surface area (Å²) in [4.78, 5) is 29.4. The fourth-order valence-corrected chi connectivity index (χ4v) is 5.02. The first-order chi connectivity index (χ1) is 21.0. The number of carbonyl (C=O) groups is 1. The van der Waals surface area contributed by atoms with Crippen LogP contribution in [0.5, 0.6) is 0 Å². The highest BCUT2D eigenvalue weighted by Crippen LogP contribution is 2.33. The molecular weight excluding hydrogens is 545 g/mol. The van der Waals surface area contributed by atoms with Crippen molar-refractivity contribution in [2.75, 3.05) is 30.8 Å². The number of imidazole rings is 1. The Morgan fingerprint density at radius 2 is 1.81 bits per heavy atom. The van der Waals surface area contributed by atoms with E-state index in [0.29, 0.717) is 52.6 Å². The molecule has 11 heteroatoms. The summed E-state index contributed by atoms with van der Waals surface area (Å²) < 4.78 is 14.6. The fourth-order valence-electron chi connectivity index (χ4n) is 5.02. The number of halogens is 1. The molecule has 4 aromatic heterocycles. The topological polar surface area (TPSA) is 136 Å². The van der Waals surface area contributed by atoms with E-state index in [1.807, 2.05) is 43.4 Å². The molecule has 1 amide bonds. The summed E-state index contributed by atoms with van der Waals surface area (Å²) in [6.07, 6.45) is 7.38. The number of aromatic nitrogens is 6. The number of H-pyrrole nitrogens is 2. The van der Waals surface area contributed by atoms with Crippen LogP contribution in [0, 0.1) is 5.82 Å². The molecule has 0 spiro atoms. The smallest absolute Gasteiger partial charge is 0.224 e. The minimum atomic E-state index is -0.357. The van der Waals surface area contributed by atoms with E-state index in [9.17, 15) is 9.18 Å². The molecule has 0 atom stereocenters. The zero-order chi connectivity index (χ0) is 29.8. The Bertz CT molecular complexity index is 1910. The highest BCUT2D eigenvalue weighted by atomic mass is 19.1. The number of fused-ring (bicyclic) bond motifs is 2. The number of benzene rings is 2. The second kappa shape index (κ2) is 12.4. The zero-order valence-electron chi connectivity index (χ0n) is 24.0. The molecule has 2 aromatic carbocycles. The van der Waals surface area contributed by atoms with Gasteiger partial charge in [-0.3, -0.25) is 19.9 Å². The molecule has 218 valence electrons. The number of hydrogen-bond donors (Lipinski definition) is 5. The van der Waals surface area contributed by atoms with Crippen molar-refractivity contribution in [1.29, 1.82) is 0 Å². The van der Waals surface area contributed by atoms with Crippen molar-refractivity contribution in [3.63, 3.8) is 0 Å².